The molecule has 0 spiro atoms. The molecule has 1 heterocycles. The van der Waals surface area contributed by atoms with Crippen molar-refractivity contribution in [2.75, 3.05) is 19.5 Å². The molecule has 0 aliphatic carbocycles. The molecule has 2 rings (SSSR count). The number of nitrogens with one attached hydrogen (secondary N) is 1. The Bertz CT molecular complexity index is 652. The number of anilines is 1. The van der Waals surface area contributed by atoms with Gasteiger partial charge in [-0.15, -0.1) is 0 Å². The van der Waals surface area contributed by atoms with Crippen LogP contribution in [0, 0.1) is 0 Å². The minimum absolute atomic E-state index is 0.211. The molecule has 1 unspecified atom stereocenters. The Morgan fingerprint density at radius 2 is 2.09 bits per heavy atom. The van der Waals surface area contributed by atoms with Gasteiger partial charge in [0, 0.05) is 12.1 Å². The van der Waals surface area contributed by atoms with Crippen molar-refractivity contribution in [3.8, 4) is 11.5 Å². The van der Waals surface area contributed by atoms with E-state index in [1.165, 1.54) is 7.11 Å². The van der Waals surface area contributed by atoms with Gasteiger partial charge in [0.2, 0.25) is 0 Å². The van der Waals surface area contributed by atoms with E-state index in [1.54, 1.807) is 42.3 Å². The summed E-state index contributed by atoms with van der Waals surface area (Å²) in [7, 11) is 3.09. The van der Waals surface area contributed by atoms with Crippen LogP contribution < -0.4 is 14.8 Å². The zero-order valence-corrected chi connectivity index (χ0v) is 13.3. The summed E-state index contributed by atoms with van der Waals surface area (Å²) < 4.78 is 12.2. The van der Waals surface area contributed by atoms with Crippen LogP contribution in [-0.2, 0) is 0 Å². The number of amides is 1. The third-order valence-corrected chi connectivity index (χ3v) is 3.57. The predicted molar refractivity (Wildman–Crippen MR) is 84.7 cm³/mol. The molecule has 6 heteroatoms. The van der Waals surface area contributed by atoms with Gasteiger partial charge in [-0.2, -0.15) is 5.10 Å². The highest BCUT2D eigenvalue weighted by molar-refractivity contribution is 6.05. The number of carbonyl (C=O) groups is 1. The number of ether oxygens (including phenoxy) is 2. The summed E-state index contributed by atoms with van der Waals surface area (Å²) in [5.74, 6) is 1.52. The second-order valence-electron chi connectivity index (χ2n) is 4.94. The van der Waals surface area contributed by atoms with Crippen molar-refractivity contribution in [2.45, 2.75) is 26.3 Å². The van der Waals surface area contributed by atoms with Gasteiger partial charge in [0.05, 0.1) is 32.0 Å². The van der Waals surface area contributed by atoms with E-state index in [0.29, 0.717) is 22.9 Å². The lowest BCUT2D eigenvalue weighted by Crippen LogP contribution is -2.18. The molecule has 1 aromatic carbocycles. The third-order valence-electron chi connectivity index (χ3n) is 3.57. The largest absolute Gasteiger partial charge is 0.497 e. The predicted octanol–water partition coefficient (Wildman–Crippen LogP) is 3.12. The lowest BCUT2D eigenvalue weighted by molar-refractivity contribution is 0.102. The van der Waals surface area contributed by atoms with Crippen molar-refractivity contribution in [1.29, 1.82) is 0 Å². The number of methoxy groups -OCH3 is 2. The second-order valence-corrected chi connectivity index (χ2v) is 4.94. The Hall–Kier alpha value is -2.50. The maximum Gasteiger partial charge on any atom is 0.260 e. The smallest absolute Gasteiger partial charge is 0.260 e. The fourth-order valence-electron chi connectivity index (χ4n) is 2.11. The van der Waals surface area contributed by atoms with Crippen LogP contribution in [0.4, 0.5) is 5.82 Å². The molecule has 0 saturated heterocycles. The van der Waals surface area contributed by atoms with Crippen LogP contribution in [0.25, 0.3) is 0 Å². The standard InChI is InChI=1S/C16H21N3O3/c1-5-11(2)19-15(8-9-17-19)18-16(20)13-7-6-12(21-3)10-14(13)22-4/h6-11H,5H2,1-4H3,(H,18,20). The van der Waals surface area contributed by atoms with E-state index in [9.17, 15) is 4.79 Å². The Labute approximate surface area is 130 Å². The van der Waals surface area contributed by atoms with Gasteiger partial charge in [0.15, 0.2) is 0 Å². The van der Waals surface area contributed by atoms with Gasteiger partial charge < -0.3 is 14.8 Å². The van der Waals surface area contributed by atoms with Crippen LogP contribution in [0.2, 0.25) is 0 Å². The molecule has 1 atom stereocenters. The Kier molecular flexibility index (Phi) is 5.04. The highest BCUT2D eigenvalue weighted by Crippen LogP contribution is 2.26. The van der Waals surface area contributed by atoms with Crippen molar-refractivity contribution >= 4 is 11.7 Å². The maximum atomic E-state index is 12.5. The molecule has 0 aliphatic heterocycles. The van der Waals surface area contributed by atoms with E-state index >= 15 is 0 Å². The Morgan fingerprint density at radius 3 is 2.73 bits per heavy atom. The van der Waals surface area contributed by atoms with E-state index in [-0.39, 0.29) is 11.9 Å². The van der Waals surface area contributed by atoms with Crippen molar-refractivity contribution in [1.82, 2.24) is 9.78 Å². The molecule has 0 fully saturated rings. The number of hydrogen-bond acceptors (Lipinski definition) is 4. The first-order valence-electron chi connectivity index (χ1n) is 7.17. The second kappa shape index (κ2) is 6.98. The fourth-order valence-corrected chi connectivity index (χ4v) is 2.11. The number of benzene rings is 1. The normalized spacial score (nSPS) is 11.8. The highest BCUT2D eigenvalue weighted by atomic mass is 16.5. The van der Waals surface area contributed by atoms with Crippen LogP contribution in [0.5, 0.6) is 11.5 Å². The summed E-state index contributed by atoms with van der Waals surface area (Å²) in [6.07, 6.45) is 2.60. The average molecular weight is 303 g/mol. The Morgan fingerprint density at radius 1 is 1.32 bits per heavy atom. The molecular weight excluding hydrogens is 282 g/mol. The van der Waals surface area contributed by atoms with Crippen molar-refractivity contribution in [3.63, 3.8) is 0 Å². The average Bonchev–Trinajstić information content (AvgIpc) is 3.01. The van der Waals surface area contributed by atoms with Crippen LogP contribution in [0.15, 0.2) is 30.5 Å². The number of rotatable bonds is 6. The lowest BCUT2D eigenvalue weighted by Gasteiger charge is -2.15. The van der Waals surface area contributed by atoms with E-state index < -0.39 is 0 Å². The molecule has 0 aliphatic rings. The molecule has 1 amide bonds. The van der Waals surface area contributed by atoms with Gasteiger partial charge in [-0.25, -0.2) is 4.68 Å². The summed E-state index contributed by atoms with van der Waals surface area (Å²) in [5, 5.41) is 7.13. The lowest BCUT2D eigenvalue weighted by atomic mass is 10.1. The topological polar surface area (TPSA) is 65.4 Å². The van der Waals surface area contributed by atoms with Gasteiger partial charge in [0.1, 0.15) is 17.3 Å². The van der Waals surface area contributed by atoms with Crippen LogP contribution >= 0.6 is 0 Å². The van der Waals surface area contributed by atoms with E-state index in [1.807, 2.05) is 0 Å². The van der Waals surface area contributed by atoms with E-state index in [4.69, 9.17) is 9.47 Å². The molecule has 1 aromatic heterocycles. The monoisotopic (exact) mass is 303 g/mol. The summed E-state index contributed by atoms with van der Waals surface area (Å²) in [4.78, 5) is 12.5. The molecule has 6 nitrogen and oxygen atoms in total. The first kappa shape index (κ1) is 15.9. The molecule has 1 N–H and O–H groups in total. The quantitative estimate of drug-likeness (QED) is 0.890. The molecular formula is C16H21N3O3. The zero-order chi connectivity index (χ0) is 16.1. The van der Waals surface area contributed by atoms with Gasteiger partial charge in [-0.3, -0.25) is 4.79 Å². The maximum absolute atomic E-state index is 12.5. The highest BCUT2D eigenvalue weighted by Gasteiger charge is 2.16. The molecule has 0 saturated carbocycles. The summed E-state index contributed by atoms with van der Waals surface area (Å²) >= 11 is 0. The van der Waals surface area contributed by atoms with Crippen LogP contribution in [0.1, 0.15) is 36.7 Å². The van der Waals surface area contributed by atoms with Gasteiger partial charge in [-0.1, -0.05) is 6.92 Å². The SMILES string of the molecule is CCC(C)n1nccc1NC(=O)c1ccc(OC)cc1OC. The molecule has 118 valence electrons. The summed E-state index contributed by atoms with van der Waals surface area (Å²) in [6.45, 7) is 4.13. The summed E-state index contributed by atoms with van der Waals surface area (Å²) in [6, 6.07) is 7.07. The van der Waals surface area contributed by atoms with Crippen molar-refractivity contribution in [2.24, 2.45) is 0 Å². The first-order chi connectivity index (χ1) is 10.6. The first-order valence-corrected chi connectivity index (χ1v) is 7.17. The molecule has 22 heavy (non-hydrogen) atoms. The van der Waals surface area contributed by atoms with E-state index in [0.717, 1.165) is 6.42 Å². The fraction of sp³-hybridized carbons (Fsp3) is 0.375. The van der Waals surface area contributed by atoms with Gasteiger partial charge in [0.25, 0.3) is 5.91 Å². The number of carbonyl (C=O) groups excluding carboxylic acids is 1. The zero-order valence-electron chi connectivity index (χ0n) is 13.3. The third kappa shape index (κ3) is 3.21. The van der Waals surface area contributed by atoms with Gasteiger partial charge in [-0.05, 0) is 25.5 Å². The minimum Gasteiger partial charge on any atom is -0.497 e. The Balaban J connectivity index is 2.25. The van der Waals surface area contributed by atoms with Gasteiger partial charge >= 0.3 is 0 Å². The minimum atomic E-state index is -0.246. The van der Waals surface area contributed by atoms with Crippen molar-refractivity contribution < 1.29 is 14.3 Å². The van der Waals surface area contributed by atoms with Crippen LogP contribution in [0.3, 0.4) is 0 Å². The number of hydrogen-bond donors (Lipinski definition) is 1. The number of nitrogens with zero attached hydrogens (tertiary/aromatic N) is 2. The molecule has 0 radical (unpaired) electrons. The molecule has 0 bridgehead atoms. The number of aromatic nitrogens is 2. The van der Waals surface area contributed by atoms with Crippen LogP contribution in [-0.4, -0.2) is 29.9 Å². The molecule has 2 aromatic rings. The van der Waals surface area contributed by atoms with Crippen molar-refractivity contribution in [3.05, 3.63) is 36.0 Å². The summed E-state index contributed by atoms with van der Waals surface area (Å²) in [5.41, 5.74) is 0.445. The van der Waals surface area contributed by atoms with E-state index in [2.05, 4.69) is 24.3 Å².